The molecule has 0 aliphatic carbocycles. The number of nitrogens with zero attached hydrogens (tertiary/aromatic N) is 1. The Labute approximate surface area is 82.5 Å². The van der Waals surface area contributed by atoms with Crippen molar-refractivity contribution in [2.24, 2.45) is 0 Å². The number of carbonyl (C=O) groups excluding carboxylic acids is 1. The van der Waals surface area contributed by atoms with E-state index in [0.29, 0.717) is 6.42 Å². The molecule has 0 aromatic carbocycles. The van der Waals surface area contributed by atoms with Gasteiger partial charge in [0.05, 0.1) is 6.61 Å². The molecule has 0 atom stereocenters. The summed E-state index contributed by atoms with van der Waals surface area (Å²) in [7, 11) is 0. The first-order valence-corrected chi connectivity index (χ1v) is 4.55. The summed E-state index contributed by atoms with van der Waals surface area (Å²) >= 11 is 0. The number of aromatic nitrogens is 1. The Morgan fingerprint density at radius 2 is 2.21 bits per heavy atom. The number of hydrogen-bond acceptors (Lipinski definition) is 4. The third kappa shape index (κ3) is 2.22. The van der Waals surface area contributed by atoms with Crippen LogP contribution in [0.15, 0.2) is 12.1 Å². The summed E-state index contributed by atoms with van der Waals surface area (Å²) in [4.78, 5) is 15.3. The van der Waals surface area contributed by atoms with Gasteiger partial charge in [0.25, 0.3) is 0 Å². The average Bonchev–Trinajstić information content (AvgIpc) is 2.19. The molecule has 0 amide bonds. The van der Waals surface area contributed by atoms with Crippen molar-refractivity contribution >= 4 is 5.97 Å². The minimum Gasteiger partial charge on any atom is -0.505 e. The van der Waals surface area contributed by atoms with E-state index in [2.05, 4.69) is 4.98 Å². The van der Waals surface area contributed by atoms with Crippen LogP contribution < -0.4 is 0 Å². The van der Waals surface area contributed by atoms with E-state index in [-0.39, 0.29) is 18.1 Å². The van der Waals surface area contributed by atoms with Crippen LogP contribution in [0, 0.1) is 0 Å². The van der Waals surface area contributed by atoms with Crippen LogP contribution >= 0.6 is 0 Å². The van der Waals surface area contributed by atoms with Gasteiger partial charge in [0.2, 0.25) is 0 Å². The first kappa shape index (κ1) is 10.5. The molecule has 0 bridgehead atoms. The van der Waals surface area contributed by atoms with Crippen LogP contribution in [0.5, 0.6) is 5.75 Å². The maximum atomic E-state index is 11.3. The van der Waals surface area contributed by atoms with Crippen LogP contribution in [0.25, 0.3) is 0 Å². The summed E-state index contributed by atoms with van der Waals surface area (Å²) in [5.41, 5.74) is 0.747. The molecule has 0 aliphatic heterocycles. The topological polar surface area (TPSA) is 59.4 Å². The summed E-state index contributed by atoms with van der Waals surface area (Å²) in [6, 6.07) is 3.14. The molecule has 1 heterocycles. The first-order chi connectivity index (χ1) is 6.69. The highest BCUT2D eigenvalue weighted by molar-refractivity contribution is 5.90. The fraction of sp³-hybridized carbons (Fsp3) is 0.400. The van der Waals surface area contributed by atoms with E-state index in [9.17, 15) is 9.90 Å². The second-order valence-electron chi connectivity index (χ2n) is 2.74. The Balaban J connectivity index is 2.99. The largest absolute Gasteiger partial charge is 0.505 e. The van der Waals surface area contributed by atoms with Gasteiger partial charge in [-0.25, -0.2) is 9.78 Å². The van der Waals surface area contributed by atoms with Gasteiger partial charge in [-0.2, -0.15) is 0 Å². The Bertz CT molecular complexity index is 336. The van der Waals surface area contributed by atoms with Crippen molar-refractivity contribution in [1.82, 2.24) is 4.98 Å². The Morgan fingerprint density at radius 3 is 2.79 bits per heavy atom. The second-order valence-corrected chi connectivity index (χ2v) is 2.74. The summed E-state index contributed by atoms with van der Waals surface area (Å²) in [5, 5.41) is 9.36. The lowest BCUT2D eigenvalue weighted by atomic mass is 10.2. The normalized spacial score (nSPS) is 9.86. The lowest BCUT2D eigenvalue weighted by molar-refractivity contribution is 0.0515. The molecule has 76 valence electrons. The van der Waals surface area contributed by atoms with Gasteiger partial charge in [-0.1, -0.05) is 6.92 Å². The Kier molecular flexibility index (Phi) is 3.45. The van der Waals surface area contributed by atoms with Crippen molar-refractivity contribution < 1.29 is 14.6 Å². The van der Waals surface area contributed by atoms with E-state index in [1.165, 1.54) is 6.07 Å². The van der Waals surface area contributed by atoms with E-state index < -0.39 is 5.97 Å². The van der Waals surface area contributed by atoms with E-state index in [0.717, 1.165) is 5.69 Å². The van der Waals surface area contributed by atoms with Crippen LogP contribution in [0.4, 0.5) is 0 Å². The van der Waals surface area contributed by atoms with Gasteiger partial charge >= 0.3 is 5.97 Å². The van der Waals surface area contributed by atoms with Crippen molar-refractivity contribution in [3.8, 4) is 5.75 Å². The van der Waals surface area contributed by atoms with Crippen LogP contribution in [-0.4, -0.2) is 22.7 Å². The molecule has 0 spiro atoms. The van der Waals surface area contributed by atoms with Crippen LogP contribution in [0.3, 0.4) is 0 Å². The molecule has 0 fully saturated rings. The van der Waals surface area contributed by atoms with E-state index in [4.69, 9.17) is 4.74 Å². The van der Waals surface area contributed by atoms with E-state index in [1.54, 1.807) is 13.0 Å². The quantitative estimate of drug-likeness (QED) is 0.743. The maximum Gasteiger partial charge on any atom is 0.360 e. The highest BCUT2D eigenvalue weighted by Gasteiger charge is 2.14. The van der Waals surface area contributed by atoms with Gasteiger partial charge in [0.15, 0.2) is 5.69 Å². The number of rotatable bonds is 3. The predicted octanol–water partition coefficient (Wildman–Crippen LogP) is 1.53. The smallest absolute Gasteiger partial charge is 0.360 e. The number of esters is 1. The number of hydrogen-bond donors (Lipinski definition) is 1. The molecule has 0 saturated heterocycles. The van der Waals surface area contributed by atoms with Crippen LogP contribution in [0.1, 0.15) is 30.0 Å². The lowest BCUT2D eigenvalue weighted by Crippen LogP contribution is -2.08. The van der Waals surface area contributed by atoms with E-state index >= 15 is 0 Å². The minimum atomic E-state index is -0.583. The number of aromatic hydroxyl groups is 1. The zero-order chi connectivity index (χ0) is 10.6. The fourth-order valence-corrected chi connectivity index (χ4v) is 1.04. The second kappa shape index (κ2) is 4.60. The zero-order valence-corrected chi connectivity index (χ0v) is 8.28. The molecule has 1 rings (SSSR count). The molecule has 1 aromatic rings. The van der Waals surface area contributed by atoms with Crippen molar-refractivity contribution in [1.29, 1.82) is 0 Å². The minimum absolute atomic E-state index is 0.00815. The summed E-state index contributed by atoms with van der Waals surface area (Å²) in [5.74, 6) is -0.721. The number of carbonyl (C=O) groups is 1. The number of aryl methyl sites for hydroxylation is 1. The molecular weight excluding hydrogens is 182 g/mol. The zero-order valence-electron chi connectivity index (χ0n) is 8.28. The lowest BCUT2D eigenvalue weighted by Gasteiger charge is -2.04. The van der Waals surface area contributed by atoms with Crippen molar-refractivity contribution in [3.05, 3.63) is 23.5 Å². The molecule has 14 heavy (non-hydrogen) atoms. The van der Waals surface area contributed by atoms with Gasteiger partial charge in [0, 0.05) is 5.69 Å². The van der Waals surface area contributed by atoms with Crippen molar-refractivity contribution in [2.45, 2.75) is 20.3 Å². The third-order valence-electron chi connectivity index (χ3n) is 1.76. The van der Waals surface area contributed by atoms with Gasteiger partial charge in [0.1, 0.15) is 5.75 Å². The SMILES string of the molecule is CCOC(=O)c1nc(CC)ccc1O. The maximum absolute atomic E-state index is 11.3. The molecule has 0 unspecified atom stereocenters. The fourth-order valence-electron chi connectivity index (χ4n) is 1.04. The summed E-state index contributed by atoms with van der Waals surface area (Å²) in [6.07, 6.45) is 0.715. The molecule has 0 radical (unpaired) electrons. The van der Waals surface area contributed by atoms with Gasteiger partial charge < -0.3 is 9.84 Å². The molecule has 1 N–H and O–H groups in total. The predicted molar refractivity (Wildman–Crippen MR) is 51.2 cm³/mol. The standard InChI is InChI=1S/C10H13NO3/c1-3-7-5-6-8(12)9(11-7)10(13)14-4-2/h5-6,12H,3-4H2,1-2H3. The van der Waals surface area contributed by atoms with Crippen molar-refractivity contribution in [3.63, 3.8) is 0 Å². The Morgan fingerprint density at radius 1 is 1.50 bits per heavy atom. The van der Waals surface area contributed by atoms with Gasteiger partial charge in [-0.15, -0.1) is 0 Å². The number of pyridine rings is 1. The molecule has 4 nitrogen and oxygen atoms in total. The molecule has 0 aliphatic rings. The molecule has 0 saturated carbocycles. The number of ether oxygens (including phenoxy) is 1. The van der Waals surface area contributed by atoms with Crippen molar-refractivity contribution in [2.75, 3.05) is 6.61 Å². The summed E-state index contributed by atoms with van der Waals surface area (Å²) in [6.45, 7) is 3.91. The molecule has 4 heteroatoms. The molecular formula is C10H13NO3. The van der Waals surface area contributed by atoms with Crippen LogP contribution in [-0.2, 0) is 11.2 Å². The van der Waals surface area contributed by atoms with Gasteiger partial charge in [-0.05, 0) is 25.5 Å². The monoisotopic (exact) mass is 195 g/mol. The molecule has 1 aromatic heterocycles. The highest BCUT2D eigenvalue weighted by Crippen LogP contribution is 2.16. The third-order valence-corrected chi connectivity index (χ3v) is 1.76. The highest BCUT2D eigenvalue weighted by atomic mass is 16.5. The van der Waals surface area contributed by atoms with Gasteiger partial charge in [-0.3, -0.25) is 0 Å². The van der Waals surface area contributed by atoms with Crippen LogP contribution in [0.2, 0.25) is 0 Å². The summed E-state index contributed by atoms with van der Waals surface area (Å²) < 4.78 is 4.75. The Hall–Kier alpha value is -1.58. The average molecular weight is 195 g/mol. The van der Waals surface area contributed by atoms with E-state index in [1.807, 2.05) is 6.92 Å². The first-order valence-electron chi connectivity index (χ1n) is 4.55.